The van der Waals surface area contributed by atoms with Crippen molar-refractivity contribution in [3.63, 3.8) is 0 Å². The average Bonchev–Trinajstić information content (AvgIpc) is 2.58. The van der Waals surface area contributed by atoms with E-state index in [4.69, 9.17) is 10.5 Å². The Morgan fingerprint density at radius 2 is 1.89 bits per heavy atom. The van der Waals surface area contributed by atoms with Crippen LogP contribution in [0.3, 0.4) is 0 Å². The average molecular weight is 279 g/mol. The zero-order valence-electron chi connectivity index (χ0n) is 11.1. The van der Waals surface area contributed by atoms with Crippen molar-refractivity contribution in [2.45, 2.75) is 38.1 Å². The molecule has 7 heteroatoms. The number of nitrogens with two attached hydrogens (primary N) is 1. The largest absolute Gasteiger partial charge is 0.383 e. The van der Waals surface area contributed by atoms with Gasteiger partial charge in [-0.2, -0.15) is 17.4 Å². The quantitative estimate of drug-likeness (QED) is 0.690. The third kappa shape index (κ3) is 5.19. The predicted molar refractivity (Wildman–Crippen MR) is 71.4 cm³/mol. The summed E-state index contributed by atoms with van der Waals surface area (Å²) in [6, 6.07) is -0.242. The molecule has 1 heterocycles. The second-order valence-corrected chi connectivity index (χ2v) is 6.37. The van der Waals surface area contributed by atoms with Crippen LogP contribution in [0.4, 0.5) is 0 Å². The summed E-state index contributed by atoms with van der Waals surface area (Å²) >= 11 is 0. The van der Waals surface area contributed by atoms with Crippen LogP contribution in [0.5, 0.6) is 0 Å². The fraction of sp³-hybridized carbons (Fsp3) is 1.00. The molecule has 0 spiro atoms. The zero-order valence-corrected chi connectivity index (χ0v) is 11.9. The van der Waals surface area contributed by atoms with E-state index in [1.807, 2.05) is 0 Å². The standard InChI is InChI=1S/C11H25N3O3S/c1-17-10-11(6-7-12)13-18(15,16)14-8-4-2-3-5-9-14/h11,13H,2-10,12H2,1H3. The lowest BCUT2D eigenvalue weighted by atomic mass is 10.2. The summed E-state index contributed by atoms with van der Waals surface area (Å²) in [5.41, 5.74) is 5.48. The smallest absolute Gasteiger partial charge is 0.279 e. The molecule has 1 fully saturated rings. The van der Waals surface area contributed by atoms with Crippen LogP contribution < -0.4 is 10.5 Å². The monoisotopic (exact) mass is 279 g/mol. The lowest BCUT2D eigenvalue weighted by molar-refractivity contribution is 0.171. The molecular weight excluding hydrogens is 254 g/mol. The van der Waals surface area contributed by atoms with Crippen molar-refractivity contribution in [1.82, 2.24) is 9.03 Å². The zero-order chi connectivity index (χ0) is 13.4. The second kappa shape index (κ2) is 8.06. The van der Waals surface area contributed by atoms with Gasteiger partial charge in [0, 0.05) is 26.2 Å². The molecule has 0 saturated carbocycles. The molecule has 18 heavy (non-hydrogen) atoms. The van der Waals surface area contributed by atoms with Crippen molar-refractivity contribution in [2.24, 2.45) is 5.73 Å². The third-order valence-electron chi connectivity index (χ3n) is 3.10. The molecule has 1 aliphatic heterocycles. The summed E-state index contributed by atoms with van der Waals surface area (Å²) in [4.78, 5) is 0. The van der Waals surface area contributed by atoms with Gasteiger partial charge in [0.25, 0.3) is 10.2 Å². The highest BCUT2D eigenvalue weighted by Gasteiger charge is 2.25. The first kappa shape index (κ1) is 15.8. The van der Waals surface area contributed by atoms with E-state index in [1.54, 1.807) is 11.4 Å². The van der Waals surface area contributed by atoms with E-state index in [0.717, 1.165) is 25.7 Å². The van der Waals surface area contributed by atoms with E-state index in [9.17, 15) is 8.42 Å². The molecule has 108 valence electrons. The molecule has 6 nitrogen and oxygen atoms in total. The van der Waals surface area contributed by atoms with E-state index >= 15 is 0 Å². The Balaban J connectivity index is 2.59. The number of hydrogen-bond acceptors (Lipinski definition) is 4. The Hall–Kier alpha value is -0.210. The Bertz CT molecular complexity index is 307. The van der Waals surface area contributed by atoms with Crippen molar-refractivity contribution in [1.29, 1.82) is 0 Å². The molecule has 0 aromatic rings. The Morgan fingerprint density at radius 3 is 2.39 bits per heavy atom. The molecule has 0 radical (unpaired) electrons. The highest BCUT2D eigenvalue weighted by molar-refractivity contribution is 7.87. The molecule has 1 aliphatic rings. The Labute approximate surface area is 110 Å². The lowest BCUT2D eigenvalue weighted by Crippen LogP contribution is -2.47. The van der Waals surface area contributed by atoms with Crippen LogP contribution in [0.2, 0.25) is 0 Å². The van der Waals surface area contributed by atoms with Crippen molar-refractivity contribution in [3.8, 4) is 0 Å². The molecule has 0 amide bonds. The van der Waals surface area contributed by atoms with Gasteiger partial charge in [0.1, 0.15) is 0 Å². The van der Waals surface area contributed by atoms with Crippen LogP contribution in [-0.4, -0.2) is 52.1 Å². The minimum atomic E-state index is -3.40. The summed E-state index contributed by atoms with van der Waals surface area (Å²) in [6.07, 6.45) is 4.67. The molecule has 1 saturated heterocycles. The molecule has 1 rings (SSSR count). The van der Waals surface area contributed by atoms with Crippen LogP contribution in [-0.2, 0) is 14.9 Å². The van der Waals surface area contributed by atoms with Crippen LogP contribution in [0.15, 0.2) is 0 Å². The lowest BCUT2D eigenvalue weighted by Gasteiger charge is -2.24. The minimum Gasteiger partial charge on any atom is -0.383 e. The molecule has 0 aromatic heterocycles. The summed E-state index contributed by atoms with van der Waals surface area (Å²) < 4.78 is 33.7. The van der Waals surface area contributed by atoms with Gasteiger partial charge in [-0.1, -0.05) is 12.8 Å². The number of rotatable bonds is 7. The first-order valence-corrected chi connectivity index (χ1v) is 8.00. The maximum Gasteiger partial charge on any atom is 0.279 e. The minimum absolute atomic E-state index is 0.242. The third-order valence-corrected chi connectivity index (χ3v) is 4.78. The van der Waals surface area contributed by atoms with Crippen molar-refractivity contribution in [2.75, 3.05) is 33.4 Å². The van der Waals surface area contributed by atoms with Gasteiger partial charge >= 0.3 is 0 Å². The number of ether oxygens (including phenoxy) is 1. The predicted octanol–water partition coefficient (Wildman–Crippen LogP) is 0.0606. The highest BCUT2D eigenvalue weighted by atomic mass is 32.2. The number of hydrogen-bond donors (Lipinski definition) is 2. The summed E-state index contributed by atoms with van der Waals surface area (Å²) in [5.74, 6) is 0. The molecule has 0 bridgehead atoms. The van der Waals surface area contributed by atoms with Gasteiger partial charge in [-0.25, -0.2) is 0 Å². The van der Waals surface area contributed by atoms with E-state index in [0.29, 0.717) is 32.7 Å². The number of nitrogens with zero attached hydrogens (tertiary/aromatic N) is 1. The van der Waals surface area contributed by atoms with Gasteiger partial charge < -0.3 is 10.5 Å². The normalized spacial score (nSPS) is 20.6. The van der Waals surface area contributed by atoms with Gasteiger partial charge in [-0.3, -0.25) is 0 Å². The van der Waals surface area contributed by atoms with Gasteiger partial charge in [0.05, 0.1) is 6.61 Å². The van der Waals surface area contributed by atoms with E-state index in [1.165, 1.54) is 0 Å². The fourth-order valence-electron chi connectivity index (χ4n) is 2.15. The second-order valence-electron chi connectivity index (χ2n) is 4.67. The van der Waals surface area contributed by atoms with Gasteiger partial charge in [-0.05, 0) is 25.8 Å². The fourth-order valence-corrected chi connectivity index (χ4v) is 3.64. The van der Waals surface area contributed by atoms with E-state index in [-0.39, 0.29) is 6.04 Å². The Kier molecular flexibility index (Phi) is 7.10. The first-order chi connectivity index (χ1) is 8.60. The topological polar surface area (TPSA) is 84.7 Å². The van der Waals surface area contributed by atoms with Crippen molar-refractivity contribution < 1.29 is 13.2 Å². The molecule has 0 aromatic carbocycles. The molecule has 0 aliphatic carbocycles. The molecular formula is C11H25N3O3S. The van der Waals surface area contributed by atoms with Gasteiger partial charge in [0.15, 0.2) is 0 Å². The maximum atomic E-state index is 12.2. The summed E-state index contributed by atoms with van der Waals surface area (Å²) in [5, 5.41) is 0. The van der Waals surface area contributed by atoms with Crippen LogP contribution >= 0.6 is 0 Å². The highest BCUT2D eigenvalue weighted by Crippen LogP contribution is 2.13. The number of methoxy groups -OCH3 is 1. The van der Waals surface area contributed by atoms with Crippen molar-refractivity contribution >= 4 is 10.2 Å². The molecule has 1 unspecified atom stereocenters. The summed E-state index contributed by atoms with van der Waals surface area (Å²) in [7, 11) is -1.84. The first-order valence-electron chi connectivity index (χ1n) is 6.56. The van der Waals surface area contributed by atoms with Crippen molar-refractivity contribution in [3.05, 3.63) is 0 Å². The van der Waals surface area contributed by atoms with Crippen LogP contribution in [0.25, 0.3) is 0 Å². The Morgan fingerprint density at radius 1 is 1.28 bits per heavy atom. The number of nitrogens with one attached hydrogen (secondary N) is 1. The van der Waals surface area contributed by atoms with E-state index in [2.05, 4.69) is 4.72 Å². The summed E-state index contributed by atoms with van der Waals surface area (Å²) in [6.45, 7) is 2.01. The molecule has 1 atom stereocenters. The van der Waals surface area contributed by atoms with Crippen LogP contribution in [0, 0.1) is 0 Å². The van der Waals surface area contributed by atoms with Gasteiger partial charge in [-0.15, -0.1) is 0 Å². The van der Waals surface area contributed by atoms with E-state index < -0.39 is 10.2 Å². The maximum absolute atomic E-state index is 12.2. The SMILES string of the molecule is COCC(CCN)NS(=O)(=O)N1CCCCCC1. The van der Waals surface area contributed by atoms with Gasteiger partial charge in [0.2, 0.25) is 0 Å². The molecule has 3 N–H and O–H groups in total. The van der Waals surface area contributed by atoms with Crippen LogP contribution in [0.1, 0.15) is 32.1 Å².